The van der Waals surface area contributed by atoms with E-state index in [1.165, 1.54) is 4.90 Å². The van der Waals surface area contributed by atoms with Crippen molar-refractivity contribution in [2.75, 3.05) is 26.8 Å². The summed E-state index contributed by atoms with van der Waals surface area (Å²) in [6, 6.07) is -0.460. The summed E-state index contributed by atoms with van der Waals surface area (Å²) in [6.07, 6.45) is 0. The van der Waals surface area contributed by atoms with Crippen LogP contribution in [0.15, 0.2) is 0 Å². The zero-order valence-corrected chi connectivity index (χ0v) is 9.32. The molecular weight excluding hydrogens is 200 g/mol. The molecule has 0 aliphatic carbocycles. The van der Waals surface area contributed by atoms with E-state index in [0.717, 1.165) is 0 Å². The Hall–Kier alpha value is -1.30. The molecule has 1 unspecified atom stereocenters. The number of aliphatic carboxylic acids is 1. The van der Waals surface area contributed by atoms with Gasteiger partial charge >= 0.3 is 12.0 Å². The number of ether oxygens (including phenoxy) is 1. The van der Waals surface area contributed by atoms with Crippen LogP contribution in [0, 0.1) is 0 Å². The van der Waals surface area contributed by atoms with Crippen LogP contribution in [0.25, 0.3) is 0 Å². The van der Waals surface area contributed by atoms with Crippen LogP contribution in [0.3, 0.4) is 0 Å². The second kappa shape index (κ2) is 7.05. The Morgan fingerprint density at radius 3 is 2.53 bits per heavy atom. The summed E-state index contributed by atoms with van der Waals surface area (Å²) in [6.45, 7) is 4.24. The largest absolute Gasteiger partial charge is 0.480 e. The minimum Gasteiger partial charge on any atom is -0.480 e. The highest BCUT2D eigenvalue weighted by Gasteiger charge is 2.18. The molecule has 2 N–H and O–H groups in total. The molecule has 0 aliphatic rings. The van der Waals surface area contributed by atoms with Gasteiger partial charge in [-0.3, -0.25) is 4.79 Å². The van der Waals surface area contributed by atoms with Crippen molar-refractivity contribution in [3.8, 4) is 0 Å². The first-order chi connectivity index (χ1) is 7.02. The zero-order valence-electron chi connectivity index (χ0n) is 9.32. The van der Waals surface area contributed by atoms with Crippen LogP contribution in [0.1, 0.15) is 13.8 Å². The number of hydrogen-bond acceptors (Lipinski definition) is 3. The average molecular weight is 218 g/mol. The number of nitrogens with zero attached hydrogens (tertiary/aromatic N) is 1. The molecule has 0 heterocycles. The van der Waals surface area contributed by atoms with Gasteiger partial charge < -0.3 is 20.1 Å². The van der Waals surface area contributed by atoms with E-state index >= 15 is 0 Å². The Labute approximate surface area is 89.2 Å². The van der Waals surface area contributed by atoms with Gasteiger partial charge in [-0.1, -0.05) is 0 Å². The molecule has 88 valence electrons. The molecule has 0 fully saturated rings. The van der Waals surface area contributed by atoms with E-state index < -0.39 is 5.97 Å². The van der Waals surface area contributed by atoms with E-state index in [2.05, 4.69) is 5.32 Å². The van der Waals surface area contributed by atoms with Crippen LogP contribution >= 0.6 is 0 Å². The smallest absolute Gasteiger partial charge is 0.323 e. The van der Waals surface area contributed by atoms with Gasteiger partial charge in [0.15, 0.2) is 0 Å². The number of nitrogens with one attached hydrogen (secondary N) is 1. The number of methoxy groups -OCH3 is 1. The number of urea groups is 1. The molecule has 0 aliphatic heterocycles. The predicted molar refractivity (Wildman–Crippen MR) is 54.8 cm³/mol. The molecule has 0 bridgehead atoms. The van der Waals surface area contributed by atoms with Gasteiger partial charge in [0, 0.05) is 13.7 Å². The number of rotatable bonds is 6. The fourth-order valence-electron chi connectivity index (χ4n) is 1.24. The fourth-order valence-corrected chi connectivity index (χ4v) is 1.24. The number of carboxylic acids is 1. The topological polar surface area (TPSA) is 78.9 Å². The highest BCUT2D eigenvalue weighted by atomic mass is 16.5. The highest BCUT2D eigenvalue weighted by Crippen LogP contribution is 1.99. The van der Waals surface area contributed by atoms with Crippen molar-refractivity contribution < 1.29 is 19.4 Å². The van der Waals surface area contributed by atoms with Gasteiger partial charge in [0.25, 0.3) is 0 Å². The SMILES string of the molecule is CCN(C(=O)NCC(=O)O)C(C)COC. The molecule has 0 spiro atoms. The lowest BCUT2D eigenvalue weighted by molar-refractivity contribution is -0.135. The standard InChI is InChI=1S/C9H18N2O4/c1-4-11(7(2)6-15-3)9(14)10-5-8(12)13/h7H,4-6H2,1-3H3,(H,10,14)(H,12,13). The zero-order chi connectivity index (χ0) is 11.8. The van der Waals surface area contributed by atoms with E-state index in [-0.39, 0.29) is 18.6 Å². The summed E-state index contributed by atoms with van der Waals surface area (Å²) in [4.78, 5) is 23.3. The maximum absolute atomic E-state index is 11.5. The number of amides is 2. The van der Waals surface area contributed by atoms with Gasteiger partial charge in [0.1, 0.15) is 6.54 Å². The first-order valence-corrected chi connectivity index (χ1v) is 4.78. The first kappa shape index (κ1) is 13.7. The molecule has 15 heavy (non-hydrogen) atoms. The summed E-state index contributed by atoms with van der Waals surface area (Å²) in [7, 11) is 1.56. The number of carboxylic acid groups (broad SMARTS) is 1. The lowest BCUT2D eigenvalue weighted by Gasteiger charge is -2.27. The van der Waals surface area contributed by atoms with E-state index in [1.807, 2.05) is 13.8 Å². The van der Waals surface area contributed by atoms with Gasteiger partial charge in [-0.15, -0.1) is 0 Å². The molecule has 0 saturated heterocycles. The van der Waals surface area contributed by atoms with Gasteiger partial charge in [-0.05, 0) is 13.8 Å². The van der Waals surface area contributed by atoms with Crippen molar-refractivity contribution in [3.63, 3.8) is 0 Å². The monoisotopic (exact) mass is 218 g/mol. The van der Waals surface area contributed by atoms with Crippen LogP contribution < -0.4 is 5.32 Å². The maximum Gasteiger partial charge on any atom is 0.323 e. The Balaban J connectivity index is 4.14. The maximum atomic E-state index is 11.5. The third-order valence-electron chi connectivity index (χ3n) is 1.93. The van der Waals surface area contributed by atoms with Crippen LogP contribution in [0.4, 0.5) is 4.79 Å². The van der Waals surface area contributed by atoms with Gasteiger partial charge in [0.2, 0.25) is 0 Å². The van der Waals surface area contributed by atoms with Crippen molar-refractivity contribution in [2.24, 2.45) is 0 Å². The summed E-state index contributed by atoms with van der Waals surface area (Å²) in [5.41, 5.74) is 0. The highest BCUT2D eigenvalue weighted by molar-refractivity contribution is 5.80. The third kappa shape index (κ3) is 5.21. The van der Waals surface area contributed by atoms with E-state index in [0.29, 0.717) is 13.2 Å². The number of hydrogen-bond donors (Lipinski definition) is 2. The minimum atomic E-state index is -1.06. The molecule has 0 radical (unpaired) electrons. The van der Waals surface area contributed by atoms with Crippen molar-refractivity contribution in [1.29, 1.82) is 0 Å². The summed E-state index contributed by atoms with van der Waals surface area (Å²) < 4.78 is 4.92. The Morgan fingerprint density at radius 2 is 2.13 bits per heavy atom. The molecule has 0 aromatic rings. The van der Waals surface area contributed by atoms with Gasteiger partial charge in [-0.25, -0.2) is 4.79 Å². The molecule has 0 aromatic heterocycles. The van der Waals surface area contributed by atoms with Crippen LogP contribution in [-0.4, -0.2) is 54.9 Å². The molecule has 6 nitrogen and oxygen atoms in total. The van der Waals surface area contributed by atoms with Crippen LogP contribution in [0.2, 0.25) is 0 Å². The second-order valence-corrected chi connectivity index (χ2v) is 3.14. The predicted octanol–water partition coefficient (Wildman–Crippen LogP) is 0.137. The molecule has 0 saturated carbocycles. The van der Waals surface area contributed by atoms with Crippen LogP contribution in [0.5, 0.6) is 0 Å². The van der Waals surface area contributed by atoms with Crippen molar-refractivity contribution in [2.45, 2.75) is 19.9 Å². The number of likely N-dealkylation sites (N-methyl/N-ethyl adjacent to an activating group) is 1. The lowest BCUT2D eigenvalue weighted by Crippen LogP contribution is -2.47. The van der Waals surface area contributed by atoms with Crippen molar-refractivity contribution >= 4 is 12.0 Å². The van der Waals surface area contributed by atoms with Crippen LogP contribution in [-0.2, 0) is 9.53 Å². The summed E-state index contributed by atoms with van der Waals surface area (Å²) in [5.74, 6) is -1.06. The van der Waals surface area contributed by atoms with Gasteiger partial charge in [0.05, 0.1) is 12.6 Å². The molecule has 0 rings (SSSR count). The summed E-state index contributed by atoms with van der Waals surface area (Å²) in [5, 5.41) is 10.7. The molecule has 2 amide bonds. The third-order valence-corrected chi connectivity index (χ3v) is 1.93. The first-order valence-electron chi connectivity index (χ1n) is 4.78. The normalized spacial score (nSPS) is 11.9. The van der Waals surface area contributed by atoms with Crippen molar-refractivity contribution in [1.82, 2.24) is 10.2 Å². The van der Waals surface area contributed by atoms with E-state index in [9.17, 15) is 9.59 Å². The van der Waals surface area contributed by atoms with Crippen molar-refractivity contribution in [3.05, 3.63) is 0 Å². The molecular formula is C9H18N2O4. The van der Waals surface area contributed by atoms with Gasteiger partial charge in [-0.2, -0.15) is 0 Å². The number of carbonyl (C=O) groups is 2. The van der Waals surface area contributed by atoms with E-state index in [1.54, 1.807) is 7.11 Å². The number of carbonyl (C=O) groups excluding carboxylic acids is 1. The molecule has 6 heteroatoms. The average Bonchev–Trinajstić information content (AvgIpc) is 2.16. The van der Waals surface area contributed by atoms with E-state index in [4.69, 9.17) is 9.84 Å². The quantitative estimate of drug-likeness (QED) is 0.664. The fraction of sp³-hybridized carbons (Fsp3) is 0.778. The minimum absolute atomic E-state index is 0.0752. The molecule has 1 atom stereocenters. The Bertz CT molecular complexity index is 220. The Morgan fingerprint density at radius 1 is 1.53 bits per heavy atom. The second-order valence-electron chi connectivity index (χ2n) is 3.14. The summed E-state index contributed by atoms with van der Waals surface area (Å²) >= 11 is 0. The molecule has 0 aromatic carbocycles. The lowest BCUT2D eigenvalue weighted by atomic mass is 10.3. The Kier molecular flexibility index (Phi) is 6.44.